The van der Waals surface area contributed by atoms with Crippen molar-refractivity contribution in [1.29, 1.82) is 0 Å². The molecule has 8 nitrogen and oxygen atoms in total. The topological polar surface area (TPSA) is 82.1 Å². The van der Waals surface area contributed by atoms with Crippen LogP contribution in [-0.4, -0.2) is 49.3 Å². The molecule has 2 aromatic rings. The largest absolute Gasteiger partial charge is 0.423 e. The van der Waals surface area contributed by atoms with E-state index in [9.17, 15) is 0 Å². The molecular formula is C14H22N6O2. The molecule has 2 atom stereocenters. The third-order valence-electron chi connectivity index (χ3n) is 3.73. The van der Waals surface area contributed by atoms with Crippen LogP contribution in [0.5, 0.6) is 0 Å². The second-order valence-corrected chi connectivity index (χ2v) is 5.71. The fourth-order valence-corrected chi connectivity index (χ4v) is 2.71. The first kappa shape index (κ1) is 15.1. The second-order valence-electron chi connectivity index (χ2n) is 5.71. The van der Waals surface area contributed by atoms with Crippen LogP contribution in [0.3, 0.4) is 0 Å². The van der Waals surface area contributed by atoms with Crippen molar-refractivity contribution >= 4 is 0 Å². The van der Waals surface area contributed by atoms with Gasteiger partial charge in [0, 0.05) is 26.6 Å². The van der Waals surface area contributed by atoms with Crippen LogP contribution in [0.15, 0.2) is 4.42 Å². The van der Waals surface area contributed by atoms with Crippen LogP contribution in [0.4, 0.5) is 0 Å². The molecule has 1 fully saturated rings. The van der Waals surface area contributed by atoms with Gasteiger partial charge in [-0.2, -0.15) is 15.0 Å². The molecule has 0 spiro atoms. The molecule has 1 aliphatic rings. The van der Waals surface area contributed by atoms with Gasteiger partial charge in [-0.1, -0.05) is 0 Å². The normalized spacial score (nSPS) is 23.1. The smallest absolute Gasteiger partial charge is 0.246 e. The van der Waals surface area contributed by atoms with E-state index in [-0.39, 0.29) is 12.2 Å². The summed E-state index contributed by atoms with van der Waals surface area (Å²) >= 11 is 0. The number of aromatic nitrogens is 5. The minimum absolute atomic E-state index is 0.104. The summed E-state index contributed by atoms with van der Waals surface area (Å²) in [5, 5.41) is 16.9. The fraction of sp³-hybridized carbons (Fsp3) is 0.714. The Balaban J connectivity index is 1.71. The van der Waals surface area contributed by atoms with Crippen molar-refractivity contribution in [3.63, 3.8) is 0 Å². The number of hydrogen-bond acceptors (Lipinski definition) is 7. The van der Waals surface area contributed by atoms with Crippen LogP contribution in [-0.2, 0) is 17.8 Å². The summed E-state index contributed by atoms with van der Waals surface area (Å²) in [6.45, 7) is 11.0. The van der Waals surface area contributed by atoms with E-state index in [1.54, 1.807) is 11.7 Å². The predicted octanol–water partition coefficient (Wildman–Crippen LogP) is 1.26. The quantitative estimate of drug-likeness (QED) is 0.841. The van der Waals surface area contributed by atoms with Crippen molar-refractivity contribution < 1.29 is 9.15 Å². The summed E-state index contributed by atoms with van der Waals surface area (Å²) in [5.74, 6) is 1.10. The highest BCUT2D eigenvalue weighted by molar-refractivity contribution is 5.06. The number of ether oxygens (including phenoxy) is 1. The van der Waals surface area contributed by atoms with Crippen LogP contribution in [0.25, 0.3) is 0 Å². The van der Waals surface area contributed by atoms with Gasteiger partial charge in [-0.25, -0.2) is 0 Å². The average Bonchev–Trinajstić information content (AvgIpc) is 3.05. The van der Waals surface area contributed by atoms with Gasteiger partial charge in [0.05, 0.1) is 24.0 Å². The van der Waals surface area contributed by atoms with Gasteiger partial charge in [0.15, 0.2) is 0 Å². The number of nitrogens with zero attached hydrogens (tertiary/aromatic N) is 6. The van der Waals surface area contributed by atoms with Gasteiger partial charge in [0.2, 0.25) is 11.8 Å². The van der Waals surface area contributed by atoms with E-state index in [0.717, 1.165) is 31.0 Å². The zero-order valence-electron chi connectivity index (χ0n) is 13.5. The first-order valence-electron chi connectivity index (χ1n) is 7.63. The summed E-state index contributed by atoms with van der Waals surface area (Å²) in [6, 6.07) is 0. The maximum absolute atomic E-state index is 5.93. The van der Waals surface area contributed by atoms with Crippen LogP contribution < -0.4 is 0 Å². The van der Waals surface area contributed by atoms with Crippen molar-refractivity contribution in [2.45, 2.75) is 53.0 Å². The molecule has 3 heterocycles. The van der Waals surface area contributed by atoms with Crippen LogP contribution in [0.1, 0.15) is 43.1 Å². The van der Waals surface area contributed by atoms with E-state index in [1.165, 1.54) is 0 Å². The summed E-state index contributed by atoms with van der Waals surface area (Å²) in [7, 11) is 0. The number of rotatable bonds is 4. The van der Waals surface area contributed by atoms with Crippen molar-refractivity contribution in [2.75, 3.05) is 13.1 Å². The average molecular weight is 306 g/mol. The molecule has 0 bridgehead atoms. The molecule has 22 heavy (non-hydrogen) atoms. The zero-order valence-corrected chi connectivity index (χ0v) is 13.5. The molecule has 0 aliphatic carbocycles. The van der Waals surface area contributed by atoms with Gasteiger partial charge < -0.3 is 9.15 Å². The molecule has 0 aromatic carbocycles. The SMILES string of the molecule is CCn1nc(C)c(CN2C[C@@H](C)O[C@@H](c3nnc(C)o3)C2)n1. The molecule has 1 aliphatic heterocycles. The highest BCUT2D eigenvalue weighted by Gasteiger charge is 2.30. The molecule has 0 amide bonds. The monoisotopic (exact) mass is 306 g/mol. The first-order chi connectivity index (χ1) is 10.5. The lowest BCUT2D eigenvalue weighted by Crippen LogP contribution is -2.42. The van der Waals surface area contributed by atoms with Gasteiger partial charge in [0.25, 0.3) is 0 Å². The highest BCUT2D eigenvalue weighted by Crippen LogP contribution is 2.25. The van der Waals surface area contributed by atoms with Gasteiger partial charge >= 0.3 is 0 Å². The minimum atomic E-state index is -0.188. The number of morpholine rings is 1. The Kier molecular flexibility index (Phi) is 4.21. The van der Waals surface area contributed by atoms with Crippen molar-refractivity contribution in [1.82, 2.24) is 30.1 Å². The van der Waals surface area contributed by atoms with E-state index < -0.39 is 0 Å². The van der Waals surface area contributed by atoms with Crippen molar-refractivity contribution in [2.24, 2.45) is 0 Å². The van der Waals surface area contributed by atoms with E-state index in [0.29, 0.717) is 18.3 Å². The van der Waals surface area contributed by atoms with Crippen molar-refractivity contribution in [3.05, 3.63) is 23.2 Å². The molecule has 3 rings (SSSR count). The summed E-state index contributed by atoms with van der Waals surface area (Å²) in [5.41, 5.74) is 1.99. The maximum Gasteiger partial charge on any atom is 0.246 e. The first-order valence-corrected chi connectivity index (χ1v) is 7.63. The van der Waals surface area contributed by atoms with Gasteiger partial charge in [0.1, 0.15) is 6.10 Å². The Morgan fingerprint density at radius 1 is 1.18 bits per heavy atom. The lowest BCUT2D eigenvalue weighted by Gasteiger charge is -2.34. The third kappa shape index (κ3) is 3.17. The maximum atomic E-state index is 5.93. The molecule has 0 unspecified atom stereocenters. The number of hydrogen-bond donors (Lipinski definition) is 0. The molecule has 8 heteroatoms. The Bertz CT molecular complexity index is 637. The Labute approximate surface area is 129 Å². The molecular weight excluding hydrogens is 284 g/mol. The molecule has 2 aromatic heterocycles. The molecule has 0 saturated carbocycles. The van der Waals surface area contributed by atoms with Gasteiger partial charge in [-0.3, -0.25) is 4.90 Å². The molecule has 120 valence electrons. The summed E-state index contributed by atoms with van der Waals surface area (Å²) < 4.78 is 11.4. The van der Waals surface area contributed by atoms with Crippen LogP contribution in [0, 0.1) is 13.8 Å². The second kappa shape index (κ2) is 6.13. The lowest BCUT2D eigenvalue weighted by molar-refractivity contribution is -0.0920. The molecule has 0 radical (unpaired) electrons. The summed E-state index contributed by atoms with van der Waals surface area (Å²) in [6.07, 6.45) is -0.0843. The summed E-state index contributed by atoms with van der Waals surface area (Å²) in [4.78, 5) is 4.03. The van der Waals surface area contributed by atoms with E-state index in [1.807, 2.05) is 13.8 Å². The molecule has 0 N–H and O–H groups in total. The standard InChI is InChI=1S/C14H22N6O2/c1-5-20-17-10(3)12(18-20)7-19-6-9(2)21-13(8-19)14-16-15-11(4)22-14/h9,13H,5-8H2,1-4H3/t9-,13-/m1/s1. The minimum Gasteiger partial charge on any atom is -0.423 e. The van der Waals surface area contributed by atoms with Crippen LogP contribution >= 0.6 is 0 Å². The third-order valence-corrected chi connectivity index (χ3v) is 3.73. The zero-order chi connectivity index (χ0) is 15.7. The van der Waals surface area contributed by atoms with Crippen molar-refractivity contribution in [3.8, 4) is 0 Å². The lowest BCUT2D eigenvalue weighted by atomic mass is 10.2. The number of aryl methyl sites for hydroxylation is 3. The van der Waals surface area contributed by atoms with Crippen LogP contribution in [0.2, 0.25) is 0 Å². The van der Waals surface area contributed by atoms with E-state index >= 15 is 0 Å². The fourth-order valence-electron chi connectivity index (χ4n) is 2.71. The predicted molar refractivity (Wildman–Crippen MR) is 78.0 cm³/mol. The Morgan fingerprint density at radius 2 is 2.00 bits per heavy atom. The molecule has 1 saturated heterocycles. The van der Waals surface area contributed by atoms with E-state index in [4.69, 9.17) is 9.15 Å². The Hall–Kier alpha value is -1.80. The van der Waals surface area contributed by atoms with Gasteiger partial charge in [-0.05, 0) is 20.8 Å². The highest BCUT2D eigenvalue weighted by atomic mass is 16.5. The van der Waals surface area contributed by atoms with Gasteiger partial charge in [-0.15, -0.1) is 10.2 Å². The van der Waals surface area contributed by atoms with E-state index in [2.05, 4.69) is 32.2 Å². The Morgan fingerprint density at radius 3 is 2.64 bits per heavy atom.